The molecule has 1 aromatic rings. The van der Waals surface area contributed by atoms with Gasteiger partial charge in [0.05, 0.1) is 21.3 Å². The van der Waals surface area contributed by atoms with E-state index >= 15 is 0 Å². The highest BCUT2D eigenvalue weighted by molar-refractivity contribution is 6.27. The van der Waals surface area contributed by atoms with Crippen molar-refractivity contribution in [3.63, 3.8) is 0 Å². The van der Waals surface area contributed by atoms with E-state index in [2.05, 4.69) is 15.9 Å². The van der Waals surface area contributed by atoms with Gasteiger partial charge in [0, 0.05) is 44.3 Å². The van der Waals surface area contributed by atoms with Crippen molar-refractivity contribution in [3.8, 4) is 17.2 Å². The summed E-state index contributed by atoms with van der Waals surface area (Å²) >= 11 is 0. The first-order valence-electron chi connectivity index (χ1n) is 10.1. The second-order valence-electron chi connectivity index (χ2n) is 7.35. The second-order valence-corrected chi connectivity index (χ2v) is 7.35. The number of aliphatic carboxylic acids is 2. The molecule has 2 fully saturated rings. The fourth-order valence-corrected chi connectivity index (χ4v) is 4.08. The van der Waals surface area contributed by atoms with Crippen molar-refractivity contribution in [2.45, 2.75) is 38.3 Å². The van der Waals surface area contributed by atoms with Crippen LogP contribution in [0.3, 0.4) is 0 Å². The summed E-state index contributed by atoms with van der Waals surface area (Å²) in [6.07, 6.45) is 5.61. The number of hydrogen-bond acceptors (Lipinski definition) is 7. The summed E-state index contributed by atoms with van der Waals surface area (Å²) in [4.78, 5) is 23.4. The van der Waals surface area contributed by atoms with Crippen LogP contribution in [-0.2, 0) is 16.1 Å². The Labute approximate surface area is 177 Å². The van der Waals surface area contributed by atoms with Gasteiger partial charge >= 0.3 is 11.9 Å². The zero-order valence-corrected chi connectivity index (χ0v) is 17.9. The summed E-state index contributed by atoms with van der Waals surface area (Å²) in [6.45, 7) is 5.49. The number of carbonyl (C=O) groups is 2. The monoisotopic (exact) mass is 424 g/mol. The Hall–Kier alpha value is -2.52. The molecule has 0 atom stereocenters. The van der Waals surface area contributed by atoms with Gasteiger partial charge in [-0.25, -0.2) is 9.59 Å². The molecular weight excluding hydrogens is 392 g/mol. The maximum absolute atomic E-state index is 9.10. The highest BCUT2D eigenvalue weighted by Gasteiger charge is 2.27. The van der Waals surface area contributed by atoms with E-state index in [4.69, 9.17) is 34.0 Å². The number of hydrogen-bond donors (Lipinski definition) is 2. The smallest absolute Gasteiger partial charge is 0.414 e. The normalized spacial score (nSPS) is 17.7. The van der Waals surface area contributed by atoms with Gasteiger partial charge in [-0.3, -0.25) is 9.80 Å². The number of rotatable bonds is 6. The van der Waals surface area contributed by atoms with Crippen molar-refractivity contribution in [3.05, 3.63) is 17.7 Å². The fraction of sp³-hybridized carbons (Fsp3) is 0.619. The molecule has 168 valence electrons. The lowest BCUT2D eigenvalue weighted by atomic mass is 10.1. The summed E-state index contributed by atoms with van der Waals surface area (Å²) in [6, 6.07) is 4.89. The maximum atomic E-state index is 9.10. The average molecular weight is 424 g/mol. The lowest BCUT2D eigenvalue weighted by Gasteiger charge is -2.38. The van der Waals surface area contributed by atoms with E-state index in [-0.39, 0.29) is 0 Å². The molecule has 1 aliphatic heterocycles. The lowest BCUT2D eigenvalue weighted by molar-refractivity contribution is -0.159. The molecular formula is C21H32N2O7. The van der Waals surface area contributed by atoms with Crippen LogP contribution in [0.25, 0.3) is 0 Å². The van der Waals surface area contributed by atoms with Crippen molar-refractivity contribution in [1.82, 2.24) is 9.80 Å². The van der Waals surface area contributed by atoms with Gasteiger partial charge in [0.2, 0.25) is 5.75 Å². The molecule has 9 nitrogen and oxygen atoms in total. The summed E-state index contributed by atoms with van der Waals surface area (Å²) in [7, 11) is 5.00. The number of carboxylic acids is 2. The van der Waals surface area contributed by atoms with Crippen molar-refractivity contribution >= 4 is 11.9 Å². The van der Waals surface area contributed by atoms with E-state index in [9.17, 15) is 0 Å². The summed E-state index contributed by atoms with van der Waals surface area (Å²) in [5, 5.41) is 14.8. The second kappa shape index (κ2) is 11.6. The number of methoxy groups -OCH3 is 3. The molecule has 1 saturated heterocycles. The van der Waals surface area contributed by atoms with E-state index < -0.39 is 11.9 Å². The summed E-state index contributed by atoms with van der Waals surface area (Å²) in [5.41, 5.74) is 1.16. The SMILES string of the molecule is COc1ccc(CN2CCN(C3CCCC3)CC2)c(OC)c1OC.O=C(O)C(=O)O. The molecule has 0 bridgehead atoms. The Balaban J connectivity index is 0.000000469. The van der Waals surface area contributed by atoms with Crippen molar-refractivity contribution < 1.29 is 34.0 Å². The first kappa shape index (κ1) is 23.8. The van der Waals surface area contributed by atoms with Crippen LogP contribution < -0.4 is 14.2 Å². The molecule has 0 amide bonds. The standard InChI is InChI=1S/C19H30N2O3.C2H2O4/c1-22-17-9-8-15(18(23-2)19(17)24-3)14-20-10-12-21(13-11-20)16-6-4-5-7-16;3-1(4)2(5)6/h8-9,16H,4-7,10-14H2,1-3H3;(H,3,4)(H,5,6). The van der Waals surface area contributed by atoms with Gasteiger partial charge in [-0.1, -0.05) is 18.9 Å². The number of ether oxygens (including phenoxy) is 3. The molecule has 3 rings (SSSR count). The van der Waals surface area contributed by atoms with Crippen LogP contribution >= 0.6 is 0 Å². The Bertz CT molecular complexity index is 700. The van der Waals surface area contributed by atoms with Crippen LogP contribution in [0.15, 0.2) is 12.1 Å². The Morgan fingerprint density at radius 3 is 1.93 bits per heavy atom. The van der Waals surface area contributed by atoms with Gasteiger partial charge in [0.15, 0.2) is 11.5 Å². The predicted molar refractivity (Wildman–Crippen MR) is 110 cm³/mol. The third kappa shape index (κ3) is 6.24. The zero-order valence-electron chi connectivity index (χ0n) is 17.9. The molecule has 0 spiro atoms. The van der Waals surface area contributed by atoms with Gasteiger partial charge in [0.1, 0.15) is 0 Å². The Morgan fingerprint density at radius 2 is 1.47 bits per heavy atom. The molecule has 0 radical (unpaired) electrons. The summed E-state index contributed by atoms with van der Waals surface area (Å²) < 4.78 is 16.5. The molecule has 2 N–H and O–H groups in total. The van der Waals surface area contributed by atoms with Gasteiger partial charge in [-0.05, 0) is 18.9 Å². The number of piperazine rings is 1. The lowest BCUT2D eigenvalue weighted by Crippen LogP contribution is -2.49. The maximum Gasteiger partial charge on any atom is 0.414 e. The highest BCUT2D eigenvalue weighted by Crippen LogP contribution is 2.40. The van der Waals surface area contributed by atoms with Gasteiger partial charge < -0.3 is 24.4 Å². The Kier molecular flexibility index (Phi) is 9.19. The molecule has 1 aromatic carbocycles. The topological polar surface area (TPSA) is 109 Å². The number of benzene rings is 1. The van der Waals surface area contributed by atoms with Crippen molar-refractivity contribution in [2.75, 3.05) is 47.5 Å². The van der Waals surface area contributed by atoms with Crippen LogP contribution in [0, 0.1) is 0 Å². The van der Waals surface area contributed by atoms with Crippen LogP contribution in [0.4, 0.5) is 0 Å². The molecule has 0 unspecified atom stereocenters. The van der Waals surface area contributed by atoms with Crippen molar-refractivity contribution in [2.24, 2.45) is 0 Å². The van der Waals surface area contributed by atoms with E-state index in [0.717, 1.165) is 37.0 Å². The van der Waals surface area contributed by atoms with Crippen LogP contribution in [0.5, 0.6) is 17.2 Å². The third-order valence-electron chi connectivity index (χ3n) is 5.61. The average Bonchev–Trinajstić information content (AvgIpc) is 3.29. The molecule has 30 heavy (non-hydrogen) atoms. The van der Waals surface area contributed by atoms with Gasteiger partial charge in [0.25, 0.3) is 0 Å². The minimum absolute atomic E-state index is 0.682. The summed E-state index contributed by atoms with van der Waals surface area (Å²) in [5.74, 6) is -1.47. The highest BCUT2D eigenvalue weighted by atomic mass is 16.5. The van der Waals surface area contributed by atoms with E-state index in [0.29, 0.717) is 11.5 Å². The third-order valence-corrected chi connectivity index (χ3v) is 5.61. The minimum atomic E-state index is -1.82. The van der Waals surface area contributed by atoms with E-state index in [1.165, 1.54) is 38.8 Å². The molecule has 1 saturated carbocycles. The molecule has 2 aliphatic rings. The van der Waals surface area contributed by atoms with E-state index in [1.807, 2.05) is 6.07 Å². The number of carboxylic acid groups (broad SMARTS) is 2. The van der Waals surface area contributed by atoms with Crippen LogP contribution in [0.1, 0.15) is 31.2 Å². The molecule has 9 heteroatoms. The van der Waals surface area contributed by atoms with Crippen LogP contribution in [0.2, 0.25) is 0 Å². The molecule has 1 heterocycles. The van der Waals surface area contributed by atoms with Gasteiger partial charge in [-0.15, -0.1) is 0 Å². The predicted octanol–water partition coefficient (Wildman–Crippen LogP) is 1.93. The first-order chi connectivity index (χ1) is 14.4. The largest absolute Gasteiger partial charge is 0.493 e. The first-order valence-corrected chi connectivity index (χ1v) is 10.1. The van der Waals surface area contributed by atoms with Crippen molar-refractivity contribution in [1.29, 1.82) is 0 Å². The van der Waals surface area contributed by atoms with Crippen LogP contribution in [-0.4, -0.2) is 85.5 Å². The number of nitrogens with zero attached hydrogens (tertiary/aromatic N) is 2. The van der Waals surface area contributed by atoms with Gasteiger partial charge in [-0.2, -0.15) is 0 Å². The molecule has 0 aromatic heterocycles. The fourth-order valence-electron chi connectivity index (χ4n) is 4.08. The van der Waals surface area contributed by atoms with E-state index in [1.54, 1.807) is 21.3 Å². The Morgan fingerprint density at radius 1 is 0.900 bits per heavy atom. The quantitative estimate of drug-likeness (QED) is 0.662. The molecule has 1 aliphatic carbocycles. The zero-order chi connectivity index (χ0) is 22.1. The minimum Gasteiger partial charge on any atom is -0.493 e.